The fourth-order valence-corrected chi connectivity index (χ4v) is 14.1. The molecule has 0 saturated carbocycles. The molecule has 0 spiro atoms. The molecule has 1 rings (SSSR count). The quantitative estimate of drug-likeness (QED) is 0.0143. The van der Waals surface area contributed by atoms with Crippen molar-refractivity contribution in [1.29, 1.82) is 0 Å². The van der Waals surface area contributed by atoms with Crippen LogP contribution in [0.3, 0.4) is 0 Å². The molecule has 6 N–H and O–H groups in total. The van der Waals surface area contributed by atoms with Crippen molar-refractivity contribution in [2.24, 2.45) is 0 Å². The summed E-state index contributed by atoms with van der Waals surface area (Å²) in [7, 11) is -5.42. The largest absolute Gasteiger partial charge is 0.470 e. The highest BCUT2D eigenvalue weighted by Gasteiger charge is 2.51. The molecule has 3 amide bonds. The Morgan fingerprint density at radius 2 is 0.650 bits per heavy atom. The number of carbonyl (C=O) groups is 6. The van der Waals surface area contributed by atoms with Gasteiger partial charge in [-0.05, 0) is 57.8 Å². The van der Waals surface area contributed by atoms with Gasteiger partial charge in [0.25, 0.3) is 0 Å². The Morgan fingerprint density at radius 3 is 0.940 bits per heavy atom. The number of aliphatic hydroxyl groups is 1. The van der Waals surface area contributed by atoms with Crippen LogP contribution in [-0.2, 0) is 61.5 Å². The SMILES string of the molecule is CCCCCCCCCCC[C@H](CC(=O)NCCOC1OC(CO)C(OP(=O)(O)O)C(NC(=O)C[C@@H](CCCCCCCCCCC)OC(=O)CCCCCCCCC)C1NC(=O)C[C@@H](CCCCCCCCCCC)OC(=O)CCCCCCCCC)OC(=O)CCCCCCCCC. The second-order valence-corrected chi connectivity index (χ2v) is 30.3. The lowest BCUT2D eigenvalue weighted by Gasteiger charge is -2.46. The first-order valence-electron chi connectivity index (χ1n) is 41.6. The molecule has 0 radical (unpaired) electrons. The van der Waals surface area contributed by atoms with Gasteiger partial charge in [-0.1, -0.05) is 311 Å². The Kier molecular flexibility index (Phi) is 63.0. The number of ether oxygens (including phenoxy) is 5. The molecule has 19 nitrogen and oxygen atoms in total. The van der Waals surface area contributed by atoms with E-state index in [9.17, 15) is 48.2 Å². The van der Waals surface area contributed by atoms with E-state index in [4.69, 9.17) is 28.2 Å². The average Bonchev–Trinajstić information content (AvgIpc) is 0.782. The van der Waals surface area contributed by atoms with Crippen molar-refractivity contribution in [2.45, 2.75) is 456 Å². The van der Waals surface area contributed by atoms with Gasteiger partial charge in [-0.2, -0.15) is 0 Å². The lowest BCUT2D eigenvalue weighted by atomic mass is 9.93. The van der Waals surface area contributed by atoms with Gasteiger partial charge in [0.05, 0.1) is 38.5 Å². The number of carbonyl (C=O) groups excluding carboxylic acids is 6. The first-order valence-corrected chi connectivity index (χ1v) is 43.1. The highest BCUT2D eigenvalue weighted by Crippen LogP contribution is 2.42. The van der Waals surface area contributed by atoms with Crippen molar-refractivity contribution in [3.8, 4) is 0 Å². The molecule has 1 fully saturated rings. The molecule has 0 aromatic heterocycles. The van der Waals surface area contributed by atoms with Crippen LogP contribution in [0.4, 0.5) is 0 Å². The van der Waals surface area contributed by atoms with E-state index >= 15 is 0 Å². The summed E-state index contributed by atoms with van der Waals surface area (Å²) >= 11 is 0. The molecule has 1 saturated heterocycles. The predicted octanol–water partition coefficient (Wildman–Crippen LogP) is 19.4. The summed E-state index contributed by atoms with van der Waals surface area (Å²) in [4.78, 5) is 105. The maximum absolute atomic E-state index is 14.8. The van der Waals surface area contributed by atoms with Gasteiger partial charge >= 0.3 is 25.7 Å². The molecule has 100 heavy (non-hydrogen) atoms. The normalized spacial score (nSPS) is 17.1. The van der Waals surface area contributed by atoms with Crippen LogP contribution in [-0.4, -0.2) is 119 Å². The number of hydrogen-bond acceptors (Lipinski definition) is 14. The molecule has 0 aromatic carbocycles. The predicted molar refractivity (Wildman–Crippen MR) is 402 cm³/mol. The van der Waals surface area contributed by atoms with E-state index in [0.717, 1.165) is 167 Å². The molecular formula is C80H152N3O16P. The Hall–Kier alpha value is -3.19. The van der Waals surface area contributed by atoms with E-state index in [0.29, 0.717) is 44.9 Å². The van der Waals surface area contributed by atoms with E-state index in [1.165, 1.54) is 116 Å². The number of hydrogen-bond donors (Lipinski definition) is 6. The zero-order valence-electron chi connectivity index (χ0n) is 64.6. The lowest BCUT2D eigenvalue weighted by Crippen LogP contribution is -2.70. The molecule has 588 valence electrons. The number of amides is 3. The lowest BCUT2D eigenvalue weighted by molar-refractivity contribution is -0.247. The maximum atomic E-state index is 14.8. The number of aliphatic hydroxyl groups excluding tert-OH is 1. The zero-order chi connectivity index (χ0) is 73.4. The van der Waals surface area contributed by atoms with Crippen molar-refractivity contribution in [3.05, 3.63) is 0 Å². The Balaban J connectivity index is 3.70. The molecular weight excluding hydrogens is 1290 g/mol. The highest BCUT2D eigenvalue weighted by molar-refractivity contribution is 7.46. The smallest absolute Gasteiger partial charge is 0.462 e. The van der Waals surface area contributed by atoms with Crippen LogP contribution in [0.15, 0.2) is 0 Å². The Bertz CT molecular complexity index is 2030. The first-order chi connectivity index (χ1) is 48.5. The van der Waals surface area contributed by atoms with Gasteiger partial charge in [-0.25, -0.2) is 4.57 Å². The number of phosphoric acid groups is 1. The maximum Gasteiger partial charge on any atom is 0.470 e. The number of phosphoric ester groups is 1. The summed E-state index contributed by atoms with van der Waals surface area (Å²) in [6, 6.07) is -3.00. The van der Waals surface area contributed by atoms with Gasteiger partial charge < -0.3 is 54.5 Å². The second-order valence-electron chi connectivity index (χ2n) is 29.1. The first kappa shape index (κ1) is 94.8. The molecule has 0 bridgehead atoms. The number of nitrogens with one attached hydrogen (secondary N) is 3. The zero-order valence-corrected chi connectivity index (χ0v) is 65.5. The minimum absolute atomic E-state index is 0.0706. The van der Waals surface area contributed by atoms with Crippen LogP contribution < -0.4 is 16.0 Å². The average molecular weight is 1440 g/mol. The summed E-state index contributed by atoms with van der Waals surface area (Å²) in [6.07, 6.45) is 44.9. The summed E-state index contributed by atoms with van der Waals surface area (Å²) in [6.45, 7) is 11.9. The molecule has 0 aliphatic carbocycles. The summed E-state index contributed by atoms with van der Waals surface area (Å²) in [5.41, 5.74) is 0. The molecule has 1 aliphatic heterocycles. The fourth-order valence-electron chi connectivity index (χ4n) is 13.5. The van der Waals surface area contributed by atoms with Crippen LogP contribution in [0.5, 0.6) is 0 Å². The van der Waals surface area contributed by atoms with Crippen molar-refractivity contribution in [1.82, 2.24) is 16.0 Å². The molecule has 0 aromatic rings. The van der Waals surface area contributed by atoms with Crippen molar-refractivity contribution in [3.63, 3.8) is 0 Å². The third-order valence-corrected chi connectivity index (χ3v) is 20.0. The third kappa shape index (κ3) is 55.3. The van der Waals surface area contributed by atoms with E-state index in [2.05, 4.69) is 57.5 Å². The van der Waals surface area contributed by atoms with E-state index in [1.807, 2.05) is 0 Å². The van der Waals surface area contributed by atoms with Gasteiger partial charge in [0, 0.05) is 25.8 Å². The number of unbranched alkanes of at least 4 members (excludes halogenated alkanes) is 42. The second kappa shape index (κ2) is 66.5. The van der Waals surface area contributed by atoms with Gasteiger partial charge in [-0.15, -0.1) is 0 Å². The minimum atomic E-state index is -5.42. The molecule has 5 unspecified atom stereocenters. The monoisotopic (exact) mass is 1440 g/mol. The third-order valence-electron chi connectivity index (χ3n) is 19.5. The fraction of sp³-hybridized carbons (Fsp3) is 0.925. The van der Waals surface area contributed by atoms with Crippen LogP contribution in [0.25, 0.3) is 0 Å². The van der Waals surface area contributed by atoms with E-state index in [-0.39, 0.29) is 63.6 Å². The van der Waals surface area contributed by atoms with Gasteiger partial charge in [-0.3, -0.25) is 33.3 Å². The van der Waals surface area contributed by atoms with Crippen LogP contribution in [0, 0.1) is 0 Å². The van der Waals surface area contributed by atoms with E-state index < -0.39 is 87.1 Å². The molecule has 1 heterocycles. The standard InChI is InChI=1S/C80H152N3O16P/c1-7-13-19-25-31-34-40-43-49-55-67(95-74(88)58-52-46-37-28-22-16-10-4)63-71(85)81-61-62-94-80-78(83-73(87)65-69(57-51-45-42-36-33-27-21-15-9-3)97-76(90)60-54-48-39-30-24-18-12-6)77(79(70(66-84)98-80)99-100(91,92)93)82-72(86)64-68(56-50-44-41-35-32-26-20-14-8-2)96-75(89)59-53-47-38-29-23-17-11-5/h67-70,77-80,84H,7-66H2,1-6H3,(H,81,85)(H,82,86)(H,83,87)(H2,91,92,93)/t67-,68-,69-,70?,77?,78?,79?,80?/m1/s1. The van der Waals surface area contributed by atoms with E-state index in [1.54, 1.807) is 0 Å². The summed E-state index contributed by atoms with van der Waals surface area (Å²) in [5, 5.41) is 19.6. The van der Waals surface area contributed by atoms with Crippen molar-refractivity contribution in [2.75, 3.05) is 19.8 Å². The number of esters is 3. The van der Waals surface area contributed by atoms with Gasteiger partial charge in [0.1, 0.15) is 36.6 Å². The van der Waals surface area contributed by atoms with Crippen molar-refractivity contribution >= 4 is 43.5 Å². The number of rotatable bonds is 72. The minimum Gasteiger partial charge on any atom is -0.462 e. The van der Waals surface area contributed by atoms with Gasteiger partial charge in [0.2, 0.25) is 17.7 Å². The molecule has 1 aliphatic rings. The highest BCUT2D eigenvalue weighted by atomic mass is 31.2. The summed E-state index contributed by atoms with van der Waals surface area (Å²) in [5.74, 6) is -2.85. The summed E-state index contributed by atoms with van der Waals surface area (Å²) < 4.78 is 49.2. The van der Waals surface area contributed by atoms with Crippen LogP contribution in [0.2, 0.25) is 0 Å². The Labute approximate surface area is 609 Å². The molecule has 8 atom stereocenters. The van der Waals surface area contributed by atoms with Crippen LogP contribution >= 0.6 is 7.82 Å². The Morgan fingerprint density at radius 1 is 0.380 bits per heavy atom. The molecule has 20 heteroatoms. The topological polar surface area (TPSA) is 272 Å². The van der Waals surface area contributed by atoms with Crippen molar-refractivity contribution < 1.29 is 76.4 Å². The van der Waals surface area contributed by atoms with Gasteiger partial charge in [0.15, 0.2) is 6.29 Å². The van der Waals surface area contributed by atoms with Crippen LogP contribution in [0.1, 0.15) is 408 Å².